The van der Waals surface area contributed by atoms with E-state index in [0.29, 0.717) is 6.54 Å². The average molecular weight is 248 g/mol. The predicted molar refractivity (Wildman–Crippen MR) is 71.2 cm³/mol. The molecule has 0 bridgehead atoms. The molecule has 2 aromatic rings. The summed E-state index contributed by atoms with van der Waals surface area (Å²) < 4.78 is 5.66. The minimum absolute atomic E-state index is 0.182. The van der Waals surface area contributed by atoms with Gasteiger partial charge in [-0.2, -0.15) is 0 Å². The van der Waals surface area contributed by atoms with Gasteiger partial charge in [-0.25, -0.2) is 4.98 Å². The van der Waals surface area contributed by atoms with E-state index in [0.717, 1.165) is 21.2 Å². The van der Waals surface area contributed by atoms with Gasteiger partial charge >= 0.3 is 0 Å². The van der Waals surface area contributed by atoms with Crippen molar-refractivity contribution in [1.82, 2.24) is 4.98 Å². The predicted octanol–water partition coefficient (Wildman–Crippen LogP) is 3.06. The Morgan fingerprint density at radius 2 is 2.24 bits per heavy atom. The fraction of sp³-hybridized carbons (Fsp3) is 0.308. The van der Waals surface area contributed by atoms with E-state index in [2.05, 4.69) is 4.98 Å². The Balaban J connectivity index is 2.26. The van der Waals surface area contributed by atoms with Crippen LogP contribution >= 0.6 is 11.3 Å². The van der Waals surface area contributed by atoms with Crippen LogP contribution in [0.5, 0.6) is 5.75 Å². The monoisotopic (exact) mass is 248 g/mol. The van der Waals surface area contributed by atoms with E-state index >= 15 is 0 Å². The van der Waals surface area contributed by atoms with E-state index < -0.39 is 0 Å². The number of thiazole rings is 1. The number of ether oxygens (including phenoxy) is 1. The minimum Gasteiger partial charge on any atom is -0.491 e. The van der Waals surface area contributed by atoms with Crippen molar-refractivity contribution in [3.63, 3.8) is 0 Å². The van der Waals surface area contributed by atoms with E-state index in [-0.39, 0.29) is 6.10 Å². The number of rotatable bonds is 4. The van der Waals surface area contributed by atoms with Crippen LogP contribution < -0.4 is 10.5 Å². The lowest BCUT2D eigenvalue weighted by atomic mass is 10.2. The molecule has 0 amide bonds. The quantitative estimate of drug-likeness (QED) is 0.904. The fourth-order valence-corrected chi connectivity index (χ4v) is 2.30. The van der Waals surface area contributed by atoms with Crippen LogP contribution in [-0.2, 0) is 6.54 Å². The molecule has 2 N–H and O–H groups in total. The van der Waals surface area contributed by atoms with E-state index in [9.17, 15) is 0 Å². The molecule has 4 heteroatoms. The van der Waals surface area contributed by atoms with Crippen LogP contribution in [0.25, 0.3) is 10.6 Å². The zero-order chi connectivity index (χ0) is 12.3. The average Bonchev–Trinajstić information content (AvgIpc) is 2.77. The van der Waals surface area contributed by atoms with Crippen LogP contribution in [0.1, 0.15) is 18.7 Å². The van der Waals surface area contributed by atoms with Crippen molar-refractivity contribution in [1.29, 1.82) is 0 Å². The topological polar surface area (TPSA) is 48.1 Å². The highest BCUT2D eigenvalue weighted by Gasteiger charge is 2.05. The van der Waals surface area contributed by atoms with Gasteiger partial charge in [0.25, 0.3) is 0 Å². The third-order valence-corrected chi connectivity index (χ3v) is 3.28. The van der Waals surface area contributed by atoms with Crippen LogP contribution in [0.4, 0.5) is 0 Å². The van der Waals surface area contributed by atoms with Crippen molar-refractivity contribution >= 4 is 11.3 Å². The van der Waals surface area contributed by atoms with Crippen molar-refractivity contribution in [3.8, 4) is 16.3 Å². The molecule has 0 aliphatic carbocycles. The van der Waals surface area contributed by atoms with E-state index in [1.807, 2.05) is 44.3 Å². The van der Waals surface area contributed by atoms with Gasteiger partial charge in [-0.15, -0.1) is 11.3 Å². The Kier molecular flexibility index (Phi) is 3.76. The van der Waals surface area contributed by atoms with Crippen LogP contribution in [0.3, 0.4) is 0 Å². The summed E-state index contributed by atoms with van der Waals surface area (Å²) in [5.74, 6) is 0.877. The molecule has 0 spiro atoms. The number of aromatic nitrogens is 1. The van der Waals surface area contributed by atoms with E-state index in [1.165, 1.54) is 0 Å². The Morgan fingerprint density at radius 3 is 2.88 bits per heavy atom. The molecule has 2 rings (SSSR count). The first kappa shape index (κ1) is 12.1. The SMILES string of the molecule is CC(C)Oc1cccc(-c2ncc(CN)s2)c1. The van der Waals surface area contributed by atoms with Gasteiger partial charge < -0.3 is 10.5 Å². The number of benzene rings is 1. The van der Waals surface area contributed by atoms with Crippen molar-refractivity contribution in [2.24, 2.45) is 5.73 Å². The lowest BCUT2D eigenvalue weighted by molar-refractivity contribution is 0.242. The largest absolute Gasteiger partial charge is 0.491 e. The van der Waals surface area contributed by atoms with Crippen molar-refractivity contribution in [2.45, 2.75) is 26.5 Å². The standard InChI is InChI=1S/C13H16N2OS/c1-9(2)16-11-5-3-4-10(6-11)13-15-8-12(7-14)17-13/h3-6,8-9H,7,14H2,1-2H3. The van der Waals surface area contributed by atoms with Crippen molar-refractivity contribution < 1.29 is 4.74 Å². The summed E-state index contributed by atoms with van der Waals surface area (Å²) in [4.78, 5) is 5.45. The first-order valence-corrected chi connectivity index (χ1v) is 6.42. The molecule has 1 heterocycles. The normalized spacial score (nSPS) is 10.8. The molecule has 17 heavy (non-hydrogen) atoms. The third kappa shape index (κ3) is 3.05. The summed E-state index contributed by atoms with van der Waals surface area (Å²) in [6, 6.07) is 7.99. The molecule has 0 aliphatic heterocycles. The van der Waals surface area contributed by atoms with Crippen molar-refractivity contribution in [2.75, 3.05) is 0 Å². The van der Waals surface area contributed by atoms with E-state index in [4.69, 9.17) is 10.5 Å². The zero-order valence-electron chi connectivity index (χ0n) is 10.0. The Labute approximate surface area is 105 Å². The van der Waals surface area contributed by atoms with Crippen LogP contribution in [-0.4, -0.2) is 11.1 Å². The molecule has 1 aromatic heterocycles. The molecule has 3 nitrogen and oxygen atoms in total. The summed E-state index contributed by atoms with van der Waals surface area (Å²) in [5.41, 5.74) is 6.66. The van der Waals surface area contributed by atoms with Gasteiger partial charge in [0.2, 0.25) is 0 Å². The number of hydrogen-bond acceptors (Lipinski definition) is 4. The fourth-order valence-electron chi connectivity index (χ4n) is 1.51. The first-order chi connectivity index (χ1) is 8.19. The van der Waals surface area contributed by atoms with Gasteiger partial charge in [-0.3, -0.25) is 0 Å². The maximum absolute atomic E-state index is 5.66. The van der Waals surface area contributed by atoms with Gasteiger partial charge in [-0.05, 0) is 26.0 Å². The molecule has 0 fully saturated rings. The first-order valence-electron chi connectivity index (χ1n) is 5.61. The van der Waals surface area contributed by atoms with Crippen molar-refractivity contribution in [3.05, 3.63) is 35.3 Å². The molecular weight excluding hydrogens is 232 g/mol. The summed E-state index contributed by atoms with van der Waals surface area (Å²) >= 11 is 1.62. The van der Waals surface area contributed by atoms with Gasteiger partial charge in [0.15, 0.2) is 0 Å². The maximum atomic E-state index is 5.66. The molecule has 0 saturated carbocycles. The summed E-state index contributed by atoms with van der Waals surface area (Å²) in [7, 11) is 0. The maximum Gasteiger partial charge on any atom is 0.123 e. The summed E-state index contributed by atoms with van der Waals surface area (Å²) in [6.45, 7) is 4.57. The number of hydrogen-bond donors (Lipinski definition) is 1. The van der Waals surface area contributed by atoms with Crippen LogP contribution in [0.15, 0.2) is 30.5 Å². The number of nitrogens with two attached hydrogens (primary N) is 1. The molecule has 0 saturated heterocycles. The molecular formula is C13H16N2OS. The lowest BCUT2D eigenvalue weighted by Gasteiger charge is -2.09. The van der Waals surface area contributed by atoms with Gasteiger partial charge in [0.05, 0.1) is 6.10 Å². The van der Waals surface area contributed by atoms with Gasteiger partial charge in [0.1, 0.15) is 10.8 Å². The highest BCUT2D eigenvalue weighted by molar-refractivity contribution is 7.15. The molecule has 0 atom stereocenters. The smallest absolute Gasteiger partial charge is 0.123 e. The number of nitrogens with zero attached hydrogens (tertiary/aromatic N) is 1. The molecule has 90 valence electrons. The van der Waals surface area contributed by atoms with Gasteiger partial charge in [0, 0.05) is 23.2 Å². The Bertz CT molecular complexity index is 494. The second-order valence-corrected chi connectivity index (χ2v) is 5.15. The molecule has 1 aromatic carbocycles. The van der Waals surface area contributed by atoms with Crippen LogP contribution in [0, 0.1) is 0 Å². The van der Waals surface area contributed by atoms with Crippen LogP contribution in [0.2, 0.25) is 0 Å². The lowest BCUT2D eigenvalue weighted by Crippen LogP contribution is -2.05. The highest BCUT2D eigenvalue weighted by atomic mass is 32.1. The second-order valence-electron chi connectivity index (χ2n) is 4.03. The van der Waals surface area contributed by atoms with E-state index in [1.54, 1.807) is 11.3 Å². The Morgan fingerprint density at radius 1 is 1.41 bits per heavy atom. The molecule has 0 unspecified atom stereocenters. The molecule has 0 radical (unpaired) electrons. The summed E-state index contributed by atoms with van der Waals surface area (Å²) in [6.07, 6.45) is 2.01. The highest BCUT2D eigenvalue weighted by Crippen LogP contribution is 2.28. The minimum atomic E-state index is 0.182. The van der Waals surface area contributed by atoms with Gasteiger partial charge in [-0.1, -0.05) is 12.1 Å². The second kappa shape index (κ2) is 5.29. The Hall–Kier alpha value is -1.39. The zero-order valence-corrected chi connectivity index (χ0v) is 10.8. The third-order valence-electron chi connectivity index (χ3n) is 2.21. The molecule has 0 aliphatic rings. The summed E-state index contributed by atoms with van der Waals surface area (Å²) in [5, 5.41) is 0.986.